The van der Waals surface area contributed by atoms with Gasteiger partial charge in [0.2, 0.25) is 0 Å². The highest BCUT2D eigenvalue weighted by Crippen LogP contribution is 2.17. The van der Waals surface area contributed by atoms with E-state index >= 15 is 0 Å². The van der Waals surface area contributed by atoms with Gasteiger partial charge in [0.1, 0.15) is 15.9 Å². The number of likely N-dealkylation sites (tertiary alicyclic amines) is 1. The van der Waals surface area contributed by atoms with Crippen molar-refractivity contribution >= 4 is 15.8 Å². The van der Waals surface area contributed by atoms with E-state index in [1.807, 2.05) is 4.90 Å². The van der Waals surface area contributed by atoms with Gasteiger partial charge in [-0.25, -0.2) is 8.42 Å². The Morgan fingerprint density at radius 3 is 2.69 bits per heavy atom. The normalized spacial score (nSPS) is 23.0. The molecule has 1 unspecified atom stereocenters. The van der Waals surface area contributed by atoms with Crippen LogP contribution in [0.25, 0.3) is 0 Å². The van der Waals surface area contributed by atoms with E-state index in [4.69, 9.17) is 4.74 Å². The Bertz CT molecular complexity index is 339. The molecule has 0 saturated carbocycles. The summed E-state index contributed by atoms with van der Waals surface area (Å²) >= 11 is 0. The molecule has 6 heteroatoms. The van der Waals surface area contributed by atoms with Gasteiger partial charge in [-0.05, 0) is 19.4 Å². The summed E-state index contributed by atoms with van der Waals surface area (Å²) in [5.41, 5.74) is 0. The highest BCUT2D eigenvalue weighted by atomic mass is 32.2. The molecule has 5 nitrogen and oxygen atoms in total. The molecule has 0 N–H and O–H groups in total. The lowest BCUT2D eigenvalue weighted by molar-refractivity contribution is -0.148. The average Bonchev–Trinajstić information content (AvgIpc) is 2.25. The molecule has 0 radical (unpaired) electrons. The zero-order chi connectivity index (χ0) is 12.2. The molecule has 1 rings (SSSR count). The van der Waals surface area contributed by atoms with Gasteiger partial charge in [-0.1, -0.05) is 6.42 Å². The van der Waals surface area contributed by atoms with Gasteiger partial charge in [0.25, 0.3) is 0 Å². The summed E-state index contributed by atoms with van der Waals surface area (Å²) < 4.78 is 26.9. The van der Waals surface area contributed by atoms with Gasteiger partial charge in [0, 0.05) is 12.8 Å². The molecule has 94 valence electrons. The third-order valence-electron chi connectivity index (χ3n) is 2.84. The summed E-state index contributed by atoms with van der Waals surface area (Å²) in [6.07, 6.45) is 3.98. The van der Waals surface area contributed by atoms with Crippen LogP contribution in [0.4, 0.5) is 0 Å². The van der Waals surface area contributed by atoms with Gasteiger partial charge in [-0.3, -0.25) is 9.69 Å². The first kappa shape index (κ1) is 13.4. The van der Waals surface area contributed by atoms with E-state index in [1.165, 1.54) is 13.4 Å². The van der Waals surface area contributed by atoms with E-state index < -0.39 is 9.84 Å². The molecule has 16 heavy (non-hydrogen) atoms. The minimum Gasteiger partial charge on any atom is -0.468 e. The van der Waals surface area contributed by atoms with Crippen molar-refractivity contribution in [3.63, 3.8) is 0 Å². The number of nitrogens with zero attached hydrogens (tertiary/aromatic N) is 1. The lowest BCUT2D eigenvalue weighted by Gasteiger charge is -2.33. The predicted molar refractivity (Wildman–Crippen MR) is 60.9 cm³/mol. The van der Waals surface area contributed by atoms with Crippen molar-refractivity contribution in [3.8, 4) is 0 Å². The Morgan fingerprint density at radius 2 is 2.12 bits per heavy atom. The van der Waals surface area contributed by atoms with Crippen LogP contribution >= 0.6 is 0 Å². The Morgan fingerprint density at radius 1 is 1.44 bits per heavy atom. The smallest absolute Gasteiger partial charge is 0.323 e. The molecule has 1 aliphatic rings. The summed E-state index contributed by atoms with van der Waals surface area (Å²) in [5.74, 6) is -0.159. The number of hydrogen-bond donors (Lipinski definition) is 0. The highest BCUT2D eigenvalue weighted by molar-refractivity contribution is 7.90. The lowest BCUT2D eigenvalue weighted by atomic mass is 10.0. The average molecular weight is 249 g/mol. The van der Waals surface area contributed by atoms with Crippen molar-refractivity contribution in [2.75, 3.05) is 32.2 Å². The standard InChI is InChI=1S/C10H19NO4S/c1-15-10(12)9-5-3-4-6-11(9)7-8-16(2,13)14/h9H,3-8H2,1-2H3. The van der Waals surface area contributed by atoms with Gasteiger partial charge >= 0.3 is 5.97 Å². The first-order valence-electron chi connectivity index (χ1n) is 5.43. The maximum atomic E-state index is 11.5. The van der Waals surface area contributed by atoms with Gasteiger partial charge in [0.05, 0.1) is 12.9 Å². The summed E-state index contributed by atoms with van der Waals surface area (Å²) in [5, 5.41) is 0. The van der Waals surface area contributed by atoms with Crippen molar-refractivity contribution < 1.29 is 17.9 Å². The molecular weight excluding hydrogens is 230 g/mol. The van der Waals surface area contributed by atoms with Crippen LogP contribution in [0.5, 0.6) is 0 Å². The zero-order valence-electron chi connectivity index (χ0n) is 9.81. The SMILES string of the molecule is COC(=O)C1CCCCN1CCS(C)(=O)=O. The largest absolute Gasteiger partial charge is 0.468 e. The molecule has 0 amide bonds. The summed E-state index contributed by atoms with van der Waals surface area (Å²) in [4.78, 5) is 13.4. The number of carbonyl (C=O) groups is 1. The van der Waals surface area contributed by atoms with Crippen LogP contribution in [0, 0.1) is 0 Å². The van der Waals surface area contributed by atoms with Crippen LogP contribution in [-0.4, -0.2) is 57.5 Å². The van der Waals surface area contributed by atoms with Gasteiger partial charge in [0.15, 0.2) is 0 Å². The topological polar surface area (TPSA) is 63.7 Å². The van der Waals surface area contributed by atoms with E-state index in [9.17, 15) is 13.2 Å². The van der Waals surface area contributed by atoms with E-state index in [0.29, 0.717) is 6.54 Å². The fourth-order valence-electron chi connectivity index (χ4n) is 1.94. The van der Waals surface area contributed by atoms with E-state index in [2.05, 4.69) is 0 Å². The van der Waals surface area contributed by atoms with Gasteiger partial charge < -0.3 is 4.74 Å². The maximum Gasteiger partial charge on any atom is 0.323 e. The molecule has 0 aliphatic carbocycles. The number of methoxy groups -OCH3 is 1. The second-order valence-electron chi connectivity index (χ2n) is 4.20. The number of sulfone groups is 1. The first-order valence-corrected chi connectivity index (χ1v) is 7.49. The highest BCUT2D eigenvalue weighted by Gasteiger charge is 2.29. The Kier molecular flexibility index (Phi) is 4.73. The Labute approximate surface area is 96.7 Å². The lowest BCUT2D eigenvalue weighted by Crippen LogP contribution is -2.46. The quantitative estimate of drug-likeness (QED) is 0.659. The second kappa shape index (κ2) is 5.63. The fourth-order valence-corrected chi connectivity index (χ4v) is 2.51. The van der Waals surface area contributed by atoms with Crippen LogP contribution in [0.1, 0.15) is 19.3 Å². The first-order chi connectivity index (χ1) is 7.44. The van der Waals surface area contributed by atoms with Gasteiger partial charge in [-0.15, -0.1) is 0 Å². The van der Waals surface area contributed by atoms with Crippen LogP contribution in [0.3, 0.4) is 0 Å². The molecule has 0 aromatic rings. The number of carbonyl (C=O) groups excluding carboxylic acids is 1. The summed E-state index contributed by atoms with van der Waals surface area (Å²) in [6, 6.07) is -0.263. The summed E-state index contributed by atoms with van der Waals surface area (Å²) in [6.45, 7) is 1.19. The molecule has 1 fully saturated rings. The molecule has 1 saturated heterocycles. The van der Waals surface area contributed by atoms with Gasteiger partial charge in [-0.2, -0.15) is 0 Å². The fraction of sp³-hybridized carbons (Fsp3) is 0.900. The number of hydrogen-bond acceptors (Lipinski definition) is 5. The van der Waals surface area contributed by atoms with Crippen molar-refractivity contribution in [1.29, 1.82) is 0 Å². The third kappa shape index (κ3) is 4.09. The zero-order valence-corrected chi connectivity index (χ0v) is 10.6. The molecule has 1 aliphatic heterocycles. The summed E-state index contributed by atoms with van der Waals surface area (Å²) in [7, 11) is -1.61. The van der Waals surface area contributed by atoms with Crippen molar-refractivity contribution in [2.45, 2.75) is 25.3 Å². The monoisotopic (exact) mass is 249 g/mol. The maximum absolute atomic E-state index is 11.5. The molecule has 1 heterocycles. The third-order valence-corrected chi connectivity index (χ3v) is 3.76. The second-order valence-corrected chi connectivity index (χ2v) is 6.46. The molecule has 0 aromatic heterocycles. The minimum atomic E-state index is -2.97. The van der Waals surface area contributed by atoms with E-state index in [1.54, 1.807) is 0 Å². The number of piperidine rings is 1. The van der Waals surface area contributed by atoms with Crippen LogP contribution in [-0.2, 0) is 19.4 Å². The molecule has 0 spiro atoms. The molecule has 1 atom stereocenters. The Hall–Kier alpha value is -0.620. The van der Waals surface area contributed by atoms with Crippen LogP contribution < -0.4 is 0 Å². The number of esters is 1. The van der Waals surface area contributed by atoms with Crippen molar-refractivity contribution in [3.05, 3.63) is 0 Å². The number of rotatable bonds is 4. The molecule has 0 aromatic carbocycles. The molecular formula is C10H19NO4S. The number of ether oxygens (including phenoxy) is 1. The predicted octanol–water partition coefficient (Wildman–Crippen LogP) is 0.0585. The minimum absolute atomic E-state index is 0.0977. The van der Waals surface area contributed by atoms with E-state index in [0.717, 1.165) is 25.8 Å². The van der Waals surface area contributed by atoms with Crippen LogP contribution in [0.15, 0.2) is 0 Å². The van der Waals surface area contributed by atoms with Crippen molar-refractivity contribution in [2.24, 2.45) is 0 Å². The van der Waals surface area contributed by atoms with E-state index in [-0.39, 0.29) is 17.8 Å². The van der Waals surface area contributed by atoms with Crippen LogP contribution in [0.2, 0.25) is 0 Å². The van der Waals surface area contributed by atoms with Crippen molar-refractivity contribution in [1.82, 2.24) is 4.90 Å². The Balaban J connectivity index is 2.57. The molecule has 0 bridgehead atoms.